The topological polar surface area (TPSA) is 44.7 Å². The van der Waals surface area contributed by atoms with E-state index in [9.17, 15) is 0 Å². The first-order valence-corrected chi connectivity index (χ1v) is 9.63. The molecule has 3 heterocycles. The van der Waals surface area contributed by atoms with Crippen LogP contribution in [0.2, 0.25) is 0 Å². The normalized spacial score (nSPS) is 10.8. The van der Waals surface area contributed by atoms with Crippen LogP contribution < -0.4 is 31.0 Å². The van der Waals surface area contributed by atoms with Gasteiger partial charge < -0.3 is 26.6 Å². The molecule has 0 unspecified atom stereocenters. The van der Waals surface area contributed by atoms with E-state index in [1.165, 1.54) is 0 Å². The maximum atomic E-state index is 5.69. The molecule has 0 saturated carbocycles. The highest BCUT2D eigenvalue weighted by molar-refractivity contribution is 6.01. The molecule has 2 aromatic carbocycles. The number of halogens is 1. The van der Waals surface area contributed by atoms with E-state index in [0.717, 1.165) is 49.7 Å². The first-order chi connectivity index (χ1) is 14.7. The molecule has 0 aliphatic carbocycles. The van der Waals surface area contributed by atoms with Gasteiger partial charge in [-0.05, 0) is 52.7 Å². The van der Waals surface area contributed by atoms with Gasteiger partial charge in [-0.3, -0.25) is 4.98 Å². The Morgan fingerprint density at radius 2 is 1.35 bits per heavy atom. The summed E-state index contributed by atoms with van der Waals surface area (Å²) in [5.74, 6) is 2.27. The minimum atomic E-state index is 0. The molecule has 3 aromatic heterocycles. The van der Waals surface area contributed by atoms with Gasteiger partial charge in [0.05, 0.1) is 32.1 Å². The van der Waals surface area contributed by atoms with Crippen molar-refractivity contribution in [1.82, 2.24) is 4.98 Å². The molecule has 0 fully saturated rings. The molecular formula is C25H21ClN2O3. The second kappa shape index (κ2) is 8.28. The summed E-state index contributed by atoms with van der Waals surface area (Å²) in [6.07, 6.45) is 7.77. The lowest BCUT2D eigenvalue weighted by Gasteiger charge is -2.11. The molecule has 0 N–H and O–H groups in total. The number of pyridine rings is 3. The van der Waals surface area contributed by atoms with E-state index in [1.807, 2.05) is 24.3 Å². The van der Waals surface area contributed by atoms with Crippen LogP contribution in [-0.4, -0.2) is 26.3 Å². The smallest absolute Gasteiger partial charge is 0.219 e. The zero-order valence-electron chi connectivity index (χ0n) is 17.4. The molecule has 5 rings (SSSR count). The first-order valence-electron chi connectivity index (χ1n) is 9.63. The van der Waals surface area contributed by atoms with Gasteiger partial charge >= 0.3 is 0 Å². The minimum absolute atomic E-state index is 0. The Kier molecular flexibility index (Phi) is 5.53. The van der Waals surface area contributed by atoms with Crippen molar-refractivity contribution in [3.8, 4) is 28.4 Å². The Balaban J connectivity index is 0.00000231. The van der Waals surface area contributed by atoms with Crippen LogP contribution in [0.15, 0.2) is 73.3 Å². The molecule has 156 valence electrons. The standard InChI is InChI=1S/C25H21N2O3.ClH/c1-28-23-11-17-6-9-27-15-19-13-25(30-3)24(29-2)12-18(19)10-22(27)20(17)14-21(23)16-4-7-26-8-5-16;/h4-15H,1-3H3;1H/q+1;/p-1. The van der Waals surface area contributed by atoms with Crippen molar-refractivity contribution >= 4 is 27.1 Å². The summed E-state index contributed by atoms with van der Waals surface area (Å²) in [5, 5.41) is 4.42. The van der Waals surface area contributed by atoms with Crippen molar-refractivity contribution in [2.45, 2.75) is 0 Å². The van der Waals surface area contributed by atoms with Crippen molar-refractivity contribution < 1.29 is 31.0 Å². The maximum absolute atomic E-state index is 5.69. The summed E-state index contributed by atoms with van der Waals surface area (Å²) in [7, 11) is 5.01. The lowest BCUT2D eigenvalue weighted by molar-refractivity contribution is -0.509. The number of hydrogen-bond donors (Lipinski definition) is 0. The predicted molar refractivity (Wildman–Crippen MR) is 118 cm³/mol. The highest BCUT2D eigenvalue weighted by Gasteiger charge is 2.16. The van der Waals surface area contributed by atoms with Crippen molar-refractivity contribution in [2.24, 2.45) is 0 Å². The third-order valence-electron chi connectivity index (χ3n) is 5.49. The number of fused-ring (bicyclic) bond motifs is 4. The average molecular weight is 433 g/mol. The van der Waals surface area contributed by atoms with Gasteiger partial charge in [0.15, 0.2) is 23.9 Å². The molecule has 31 heavy (non-hydrogen) atoms. The van der Waals surface area contributed by atoms with Gasteiger partial charge in [-0.25, -0.2) is 0 Å². The number of nitrogens with zero attached hydrogens (tertiary/aromatic N) is 2. The largest absolute Gasteiger partial charge is 1.00 e. The third-order valence-corrected chi connectivity index (χ3v) is 5.49. The fourth-order valence-corrected chi connectivity index (χ4v) is 3.97. The van der Waals surface area contributed by atoms with Crippen LogP contribution in [0.3, 0.4) is 0 Å². The molecule has 0 spiro atoms. The van der Waals surface area contributed by atoms with E-state index < -0.39 is 0 Å². The third kappa shape index (κ3) is 3.47. The first kappa shape index (κ1) is 20.7. The molecule has 0 aliphatic rings. The van der Waals surface area contributed by atoms with Crippen LogP contribution in [0.1, 0.15) is 0 Å². The summed E-state index contributed by atoms with van der Waals surface area (Å²) >= 11 is 0. The number of aromatic nitrogens is 2. The molecule has 0 amide bonds. The highest BCUT2D eigenvalue weighted by atomic mass is 35.5. The van der Waals surface area contributed by atoms with Gasteiger partial charge in [0, 0.05) is 30.1 Å². The van der Waals surface area contributed by atoms with Crippen molar-refractivity contribution in [3.63, 3.8) is 0 Å². The molecule has 6 heteroatoms. The van der Waals surface area contributed by atoms with E-state index in [4.69, 9.17) is 14.2 Å². The van der Waals surface area contributed by atoms with Gasteiger partial charge in [0.2, 0.25) is 5.52 Å². The predicted octanol–water partition coefficient (Wildman–Crippen LogP) is 1.82. The van der Waals surface area contributed by atoms with Crippen LogP contribution in [0, 0.1) is 0 Å². The van der Waals surface area contributed by atoms with Crippen LogP contribution in [0.25, 0.3) is 38.2 Å². The summed E-state index contributed by atoms with van der Waals surface area (Å²) in [4.78, 5) is 4.14. The Labute approximate surface area is 186 Å². The molecule has 5 aromatic rings. The van der Waals surface area contributed by atoms with Gasteiger partial charge in [0.25, 0.3) is 0 Å². The van der Waals surface area contributed by atoms with E-state index in [2.05, 4.69) is 46.0 Å². The summed E-state index contributed by atoms with van der Waals surface area (Å²) in [6, 6.07) is 16.6. The van der Waals surface area contributed by atoms with Crippen LogP contribution >= 0.6 is 0 Å². The molecular weight excluding hydrogens is 412 g/mol. The minimum Gasteiger partial charge on any atom is -1.00 e. The van der Waals surface area contributed by atoms with E-state index in [1.54, 1.807) is 33.7 Å². The maximum Gasteiger partial charge on any atom is 0.219 e. The number of rotatable bonds is 4. The zero-order valence-corrected chi connectivity index (χ0v) is 18.2. The summed E-state index contributed by atoms with van der Waals surface area (Å²) in [6.45, 7) is 0. The van der Waals surface area contributed by atoms with Gasteiger partial charge in [-0.15, -0.1) is 0 Å². The average Bonchev–Trinajstić information content (AvgIpc) is 2.81. The van der Waals surface area contributed by atoms with Crippen molar-refractivity contribution in [3.05, 3.63) is 73.3 Å². The number of benzene rings is 2. The number of hydrogen-bond acceptors (Lipinski definition) is 4. The van der Waals surface area contributed by atoms with E-state index in [-0.39, 0.29) is 12.4 Å². The van der Waals surface area contributed by atoms with E-state index in [0.29, 0.717) is 5.75 Å². The molecule has 0 aliphatic heterocycles. The van der Waals surface area contributed by atoms with Crippen molar-refractivity contribution in [2.75, 3.05) is 21.3 Å². The molecule has 0 bridgehead atoms. The van der Waals surface area contributed by atoms with Crippen LogP contribution in [-0.2, 0) is 0 Å². The van der Waals surface area contributed by atoms with Crippen molar-refractivity contribution in [1.29, 1.82) is 0 Å². The lowest BCUT2D eigenvalue weighted by atomic mass is 10.00. The van der Waals surface area contributed by atoms with Gasteiger partial charge in [-0.2, -0.15) is 4.40 Å². The SMILES string of the molecule is COc1cc2cc3c4cc(-c5ccncc5)c(OC)cc4cc[n+]3cc2cc1OC.[Cl-]. The summed E-state index contributed by atoms with van der Waals surface area (Å²) in [5.41, 5.74) is 3.20. The lowest BCUT2D eigenvalue weighted by Crippen LogP contribution is -3.00. The Morgan fingerprint density at radius 3 is 2.03 bits per heavy atom. The van der Waals surface area contributed by atoms with Gasteiger partial charge in [-0.1, -0.05) is 0 Å². The van der Waals surface area contributed by atoms with Gasteiger partial charge in [0.1, 0.15) is 5.75 Å². The second-order valence-electron chi connectivity index (χ2n) is 7.09. The molecule has 0 saturated heterocycles. The zero-order chi connectivity index (χ0) is 20.7. The molecule has 0 radical (unpaired) electrons. The molecule has 0 atom stereocenters. The van der Waals surface area contributed by atoms with Crippen LogP contribution in [0.5, 0.6) is 17.2 Å². The Hall–Kier alpha value is -3.57. The van der Waals surface area contributed by atoms with E-state index >= 15 is 0 Å². The fraction of sp³-hybridized carbons (Fsp3) is 0.120. The number of methoxy groups -OCH3 is 3. The molecule has 5 nitrogen and oxygen atoms in total. The fourth-order valence-electron chi connectivity index (χ4n) is 3.97. The highest BCUT2D eigenvalue weighted by Crippen LogP contribution is 2.36. The Morgan fingerprint density at radius 1 is 0.710 bits per heavy atom. The number of ether oxygens (including phenoxy) is 3. The summed E-state index contributed by atoms with van der Waals surface area (Å²) < 4.78 is 18.8. The quantitative estimate of drug-likeness (QED) is 0.247. The van der Waals surface area contributed by atoms with Crippen LogP contribution in [0.4, 0.5) is 0 Å². The second-order valence-corrected chi connectivity index (χ2v) is 7.09. The Bertz CT molecular complexity index is 1400. The monoisotopic (exact) mass is 432 g/mol.